The molecule has 0 radical (unpaired) electrons. The van der Waals surface area contributed by atoms with Crippen molar-refractivity contribution in [3.63, 3.8) is 0 Å². The lowest BCUT2D eigenvalue weighted by Gasteiger charge is -2.26. The quantitative estimate of drug-likeness (QED) is 0.784. The van der Waals surface area contributed by atoms with Crippen molar-refractivity contribution >= 4 is 11.6 Å². The van der Waals surface area contributed by atoms with E-state index in [0.29, 0.717) is 13.1 Å². The van der Waals surface area contributed by atoms with Crippen LogP contribution in [0, 0.1) is 12.8 Å². The number of benzene rings is 2. The van der Waals surface area contributed by atoms with E-state index in [0.717, 1.165) is 23.3 Å². The Labute approximate surface area is 155 Å². The lowest BCUT2D eigenvalue weighted by Crippen LogP contribution is -2.39. The molecular weight excluding hydrogens is 324 g/mol. The molecule has 1 atom stereocenters. The van der Waals surface area contributed by atoms with E-state index in [1.54, 1.807) is 0 Å². The Balaban J connectivity index is 1.68. The molecule has 3 rings (SSSR count). The van der Waals surface area contributed by atoms with E-state index in [2.05, 4.69) is 24.2 Å². The van der Waals surface area contributed by atoms with Crippen LogP contribution in [0.1, 0.15) is 37.0 Å². The van der Waals surface area contributed by atoms with Crippen molar-refractivity contribution in [2.45, 2.75) is 39.8 Å². The lowest BCUT2D eigenvalue weighted by atomic mass is 10.00. The highest BCUT2D eigenvalue weighted by Crippen LogP contribution is 2.21. The third-order valence-electron chi connectivity index (χ3n) is 4.63. The van der Waals surface area contributed by atoms with Crippen LogP contribution in [-0.2, 0) is 16.2 Å². The molecule has 0 aliphatic carbocycles. The predicted molar refractivity (Wildman–Crippen MR) is 104 cm³/mol. The topological polar surface area (TPSA) is 41.9 Å². The molecule has 1 amide bonds. The van der Waals surface area contributed by atoms with Gasteiger partial charge in [0.25, 0.3) is 0 Å². The van der Waals surface area contributed by atoms with Crippen LogP contribution in [0.2, 0.25) is 0 Å². The first kappa shape index (κ1) is 18.2. The Morgan fingerprint density at radius 3 is 2.54 bits per heavy atom. The average Bonchev–Trinajstić information content (AvgIpc) is 3.10. The van der Waals surface area contributed by atoms with Gasteiger partial charge in [-0.1, -0.05) is 73.6 Å². The first-order valence-corrected chi connectivity index (χ1v) is 9.16. The first-order valence-electron chi connectivity index (χ1n) is 9.16. The number of hydrogen-bond donors (Lipinski definition) is 0. The summed E-state index contributed by atoms with van der Waals surface area (Å²) in [4.78, 5) is 20.2. The molecule has 0 saturated heterocycles. The Kier molecular flexibility index (Phi) is 5.71. The second-order valence-corrected chi connectivity index (χ2v) is 7.14. The normalized spacial score (nSPS) is 16.3. The Morgan fingerprint density at radius 2 is 1.85 bits per heavy atom. The maximum absolute atomic E-state index is 12.7. The van der Waals surface area contributed by atoms with Crippen LogP contribution >= 0.6 is 0 Å². The summed E-state index contributed by atoms with van der Waals surface area (Å²) in [6, 6.07) is 18.3. The highest BCUT2D eigenvalue weighted by Gasteiger charge is 2.28. The average molecular weight is 350 g/mol. The van der Waals surface area contributed by atoms with Gasteiger partial charge in [-0.25, -0.2) is 0 Å². The number of carbonyl (C=O) groups excluding carboxylic acids is 1. The van der Waals surface area contributed by atoms with Gasteiger partial charge in [-0.05, 0) is 18.1 Å². The molecule has 0 unspecified atom stereocenters. The second kappa shape index (κ2) is 8.17. The zero-order valence-electron chi connectivity index (χ0n) is 15.7. The van der Waals surface area contributed by atoms with E-state index in [-0.39, 0.29) is 17.9 Å². The molecule has 2 aromatic carbocycles. The summed E-state index contributed by atoms with van der Waals surface area (Å²) in [5, 5.41) is 4.29. The van der Waals surface area contributed by atoms with Crippen molar-refractivity contribution in [2.75, 3.05) is 6.54 Å². The highest BCUT2D eigenvalue weighted by molar-refractivity contribution is 6.02. The highest BCUT2D eigenvalue weighted by atomic mass is 16.6. The number of hydrogen-bond acceptors (Lipinski definition) is 3. The lowest BCUT2D eigenvalue weighted by molar-refractivity contribution is -0.136. The minimum atomic E-state index is -0.101. The predicted octanol–water partition coefficient (Wildman–Crippen LogP) is 4.17. The third kappa shape index (κ3) is 4.31. The van der Waals surface area contributed by atoms with Crippen molar-refractivity contribution in [2.24, 2.45) is 11.1 Å². The molecule has 0 aromatic heterocycles. The van der Waals surface area contributed by atoms with Gasteiger partial charge in [0.1, 0.15) is 0 Å². The smallest absolute Gasteiger partial charge is 0.225 e. The number of aryl methyl sites for hydroxylation is 1. The molecular formula is C22H26N2O2. The Hall–Kier alpha value is -2.62. The number of oxime groups is 1. The molecule has 4 heteroatoms. The number of nitrogens with zero attached hydrogens (tertiary/aromatic N) is 2. The van der Waals surface area contributed by atoms with E-state index in [1.165, 1.54) is 5.56 Å². The number of carbonyl (C=O) groups is 1. The summed E-state index contributed by atoms with van der Waals surface area (Å²) in [6.07, 6.45) is 0.623. The van der Waals surface area contributed by atoms with Crippen molar-refractivity contribution < 1.29 is 9.63 Å². The molecule has 0 spiro atoms. The zero-order chi connectivity index (χ0) is 18.5. The van der Waals surface area contributed by atoms with Gasteiger partial charge in [0.2, 0.25) is 5.91 Å². The minimum absolute atomic E-state index is 0.0446. The van der Waals surface area contributed by atoms with Crippen LogP contribution in [0.5, 0.6) is 0 Å². The minimum Gasteiger partial charge on any atom is -0.390 e. The van der Waals surface area contributed by atoms with E-state index in [4.69, 9.17) is 4.84 Å². The van der Waals surface area contributed by atoms with E-state index in [1.807, 2.05) is 61.2 Å². The monoisotopic (exact) mass is 350 g/mol. The maximum Gasteiger partial charge on any atom is 0.225 e. The van der Waals surface area contributed by atoms with Crippen molar-refractivity contribution in [3.8, 4) is 0 Å². The van der Waals surface area contributed by atoms with Gasteiger partial charge >= 0.3 is 0 Å². The fraction of sp³-hybridized carbons (Fsp3) is 0.364. The molecule has 4 nitrogen and oxygen atoms in total. The van der Waals surface area contributed by atoms with Gasteiger partial charge in [0.05, 0.1) is 12.3 Å². The largest absolute Gasteiger partial charge is 0.390 e. The molecule has 136 valence electrons. The molecule has 0 N–H and O–H groups in total. The van der Waals surface area contributed by atoms with Crippen molar-refractivity contribution in [1.82, 2.24) is 4.90 Å². The maximum atomic E-state index is 12.7. The molecule has 1 heterocycles. The number of rotatable bonds is 6. The van der Waals surface area contributed by atoms with Gasteiger partial charge in [-0.3, -0.25) is 4.79 Å². The fourth-order valence-corrected chi connectivity index (χ4v) is 3.23. The fourth-order valence-electron chi connectivity index (χ4n) is 3.23. The van der Waals surface area contributed by atoms with E-state index < -0.39 is 0 Å². The van der Waals surface area contributed by atoms with Crippen LogP contribution in [0.4, 0.5) is 0 Å². The molecule has 1 aliphatic heterocycles. The second-order valence-electron chi connectivity index (χ2n) is 7.14. The van der Waals surface area contributed by atoms with Crippen LogP contribution in [0.3, 0.4) is 0 Å². The molecule has 26 heavy (non-hydrogen) atoms. The molecule has 1 aliphatic rings. The standard InChI is InChI=1S/C22H26N2O2/c1-16(2)22(25)24(14-18-10-5-4-6-11-18)15-19-13-21(23-26-19)20-12-8-7-9-17(20)3/h4-12,16,19H,13-15H2,1-3H3/t19-/m0/s1. The van der Waals surface area contributed by atoms with Gasteiger partial charge in [0, 0.05) is 24.4 Å². The summed E-state index contributed by atoms with van der Waals surface area (Å²) in [7, 11) is 0. The zero-order valence-corrected chi connectivity index (χ0v) is 15.7. The molecule has 0 bridgehead atoms. The van der Waals surface area contributed by atoms with Crippen molar-refractivity contribution in [3.05, 3.63) is 71.3 Å². The van der Waals surface area contributed by atoms with Gasteiger partial charge in [0.15, 0.2) is 6.10 Å². The summed E-state index contributed by atoms with van der Waals surface area (Å²) in [6.45, 7) is 7.09. The number of amides is 1. The molecule has 0 saturated carbocycles. The third-order valence-corrected chi connectivity index (χ3v) is 4.63. The summed E-state index contributed by atoms with van der Waals surface area (Å²) >= 11 is 0. The van der Waals surface area contributed by atoms with E-state index >= 15 is 0 Å². The summed E-state index contributed by atoms with van der Waals surface area (Å²) < 4.78 is 0. The summed E-state index contributed by atoms with van der Waals surface area (Å²) in [5.74, 6) is 0.0960. The summed E-state index contributed by atoms with van der Waals surface area (Å²) in [5.41, 5.74) is 4.40. The van der Waals surface area contributed by atoms with E-state index in [9.17, 15) is 4.79 Å². The molecule has 2 aromatic rings. The van der Waals surface area contributed by atoms with Gasteiger partial charge in [-0.15, -0.1) is 0 Å². The van der Waals surface area contributed by atoms with Crippen LogP contribution < -0.4 is 0 Å². The first-order chi connectivity index (χ1) is 12.5. The van der Waals surface area contributed by atoms with Gasteiger partial charge in [-0.2, -0.15) is 0 Å². The molecule has 0 fully saturated rings. The van der Waals surface area contributed by atoms with Gasteiger partial charge < -0.3 is 9.74 Å². The van der Waals surface area contributed by atoms with Crippen LogP contribution in [0.15, 0.2) is 59.8 Å². The van der Waals surface area contributed by atoms with Crippen LogP contribution in [-0.4, -0.2) is 29.2 Å². The Morgan fingerprint density at radius 1 is 1.15 bits per heavy atom. The SMILES string of the molecule is Cc1ccccc1C1=NO[C@H](CN(Cc2ccccc2)C(=O)C(C)C)C1. The van der Waals surface area contributed by atoms with Crippen LogP contribution in [0.25, 0.3) is 0 Å². The Bertz CT molecular complexity index is 784. The van der Waals surface area contributed by atoms with Crippen molar-refractivity contribution in [1.29, 1.82) is 0 Å².